The number of hydrogen-bond acceptors (Lipinski definition) is 8. The molecule has 0 unspecified atom stereocenters. The van der Waals surface area contributed by atoms with E-state index in [1.165, 1.54) is 14.2 Å². The van der Waals surface area contributed by atoms with E-state index in [1.807, 2.05) is 30.3 Å². The van der Waals surface area contributed by atoms with Gasteiger partial charge in [0.05, 0.1) is 25.5 Å². The van der Waals surface area contributed by atoms with Crippen LogP contribution < -0.4 is 0 Å². The molecule has 1 aliphatic rings. The molecule has 9 heteroatoms. The summed E-state index contributed by atoms with van der Waals surface area (Å²) in [5, 5.41) is 21.0. The fraction of sp³-hybridized carbons (Fsp3) is 0.667. The second-order valence-electron chi connectivity index (χ2n) is 6.86. The minimum Gasteiger partial charge on any atom is -0.390 e. The van der Waals surface area contributed by atoms with Crippen molar-refractivity contribution in [1.82, 2.24) is 0 Å². The monoisotopic (exact) mass is 404 g/mol. The summed E-state index contributed by atoms with van der Waals surface area (Å²) in [4.78, 5) is 0. The van der Waals surface area contributed by atoms with Gasteiger partial charge in [-0.05, 0) is 19.4 Å². The molecule has 0 amide bonds. The van der Waals surface area contributed by atoms with E-state index in [9.17, 15) is 14.8 Å². The number of hydrogen-bond donors (Lipinski definition) is 2. The van der Waals surface area contributed by atoms with Crippen LogP contribution in [0.4, 0.5) is 0 Å². The number of rotatable bonds is 10. The van der Waals surface area contributed by atoms with E-state index >= 15 is 0 Å². The molecule has 1 saturated heterocycles. The minimum atomic E-state index is -3.45. The molecule has 1 aromatic rings. The van der Waals surface area contributed by atoms with Gasteiger partial charge >= 0.3 is 7.60 Å². The lowest BCUT2D eigenvalue weighted by molar-refractivity contribution is -0.162. The SMILES string of the molecule is COP(=O)(C[C@H](O)[C@@H]1OC(C)(C)O[C@@H]1[C@H](O)COCc1ccccc1)OC. The van der Waals surface area contributed by atoms with Gasteiger partial charge in [-0.25, -0.2) is 0 Å². The predicted octanol–water partition coefficient (Wildman–Crippen LogP) is 1.93. The van der Waals surface area contributed by atoms with Crippen LogP contribution >= 0.6 is 7.60 Å². The van der Waals surface area contributed by atoms with E-state index in [-0.39, 0.29) is 12.8 Å². The van der Waals surface area contributed by atoms with E-state index < -0.39 is 37.8 Å². The Morgan fingerprint density at radius 2 is 1.63 bits per heavy atom. The molecule has 8 nitrogen and oxygen atoms in total. The molecule has 0 aromatic heterocycles. The van der Waals surface area contributed by atoms with Crippen molar-refractivity contribution in [3.8, 4) is 0 Å². The first-order chi connectivity index (χ1) is 12.7. The van der Waals surface area contributed by atoms with Crippen molar-refractivity contribution in [2.24, 2.45) is 0 Å². The molecule has 2 rings (SSSR count). The summed E-state index contributed by atoms with van der Waals surface area (Å²) >= 11 is 0. The Balaban J connectivity index is 1.98. The first-order valence-electron chi connectivity index (χ1n) is 8.73. The maximum Gasteiger partial charge on any atom is 0.332 e. The molecule has 0 spiro atoms. The third-order valence-corrected chi connectivity index (χ3v) is 6.22. The van der Waals surface area contributed by atoms with Gasteiger partial charge in [-0.3, -0.25) is 4.57 Å². The van der Waals surface area contributed by atoms with Crippen LogP contribution in [-0.2, 0) is 34.4 Å². The largest absolute Gasteiger partial charge is 0.390 e. The third kappa shape index (κ3) is 6.34. The van der Waals surface area contributed by atoms with Gasteiger partial charge in [-0.2, -0.15) is 0 Å². The summed E-state index contributed by atoms with van der Waals surface area (Å²) in [5.41, 5.74) is 0.978. The lowest BCUT2D eigenvalue weighted by Crippen LogP contribution is -2.45. The van der Waals surface area contributed by atoms with Crippen molar-refractivity contribution >= 4 is 7.60 Å². The van der Waals surface area contributed by atoms with Crippen molar-refractivity contribution in [2.45, 2.75) is 50.7 Å². The van der Waals surface area contributed by atoms with Crippen LogP contribution in [-0.4, -0.2) is 67.4 Å². The topological polar surface area (TPSA) is 104 Å². The lowest BCUT2D eigenvalue weighted by atomic mass is 10.0. The van der Waals surface area contributed by atoms with Crippen molar-refractivity contribution < 1.29 is 38.0 Å². The lowest BCUT2D eigenvalue weighted by Gasteiger charge is -2.27. The second-order valence-corrected chi connectivity index (χ2v) is 9.18. The number of benzene rings is 1. The van der Waals surface area contributed by atoms with Crippen LogP contribution in [0.2, 0.25) is 0 Å². The highest BCUT2D eigenvalue weighted by Crippen LogP contribution is 2.48. The van der Waals surface area contributed by atoms with Crippen LogP contribution in [0.5, 0.6) is 0 Å². The van der Waals surface area contributed by atoms with E-state index in [2.05, 4.69) is 0 Å². The Hall–Kier alpha value is -0.830. The minimum absolute atomic E-state index is 0.00552. The Morgan fingerprint density at radius 3 is 2.19 bits per heavy atom. The Morgan fingerprint density at radius 1 is 1.07 bits per heavy atom. The highest BCUT2D eigenvalue weighted by atomic mass is 31.2. The third-order valence-electron chi connectivity index (χ3n) is 4.29. The van der Waals surface area contributed by atoms with Gasteiger partial charge in [0.2, 0.25) is 0 Å². The summed E-state index contributed by atoms with van der Waals surface area (Å²) in [7, 11) is -0.955. The Kier molecular flexibility index (Phi) is 7.97. The quantitative estimate of drug-likeness (QED) is 0.570. The fourth-order valence-corrected chi connectivity index (χ4v) is 4.05. The maximum absolute atomic E-state index is 12.3. The zero-order chi connectivity index (χ0) is 20.1. The number of ether oxygens (including phenoxy) is 3. The first-order valence-corrected chi connectivity index (χ1v) is 10.5. The molecule has 2 N–H and O–H groups in total. The summed E-state index contributed by atoms with van der Waals surface area (Å²) in [6.07, 6.45) is -4.30. The second kappa shape index (κ2) is 9.58. The van der Waals surface area contributed by atoms with E-state index in [4.69, 9.17) is 23.3 Å². The van der Waals surface area contributed by atoms with Gasteiger partial charge < -0.3 is 33.5 Å². The van der Waals surface area contributed by atoms with E-state index in [1.54, 1.807) is 13.8 Å². The highest BCUT2D eigenvalue weighted by Gasteiger charge is 2.49. The fourth-order valence-electron chi connectivity index (χ4n) is 2.94. The highest BCUT2D eigenvalue weighted by molar-refractivity contribution is 7.53. The molecule has 4 atom stereocenters. The van der Waals surface area contributed by atoms with Gasteiger partial charge in [0.1, 0.15) is 18.3 Å². The van der Waals surface area contributed by atoms with Gasteiger partial charge in [0.25, 0.3) is 0 Å². The van der Waals surface area contributed by atoms with Crippen LogP contribution in [0.25, 0.3) is 0 Å². The van der Waals surface area contributed by atoms with Crippen molar-refractivity contribution in [1.29, 1.82) is 0 Å². The van der Waals surface area contributed by atoms with Crippen molar-refractivity contribution in [2.75, 3.05) is 27.0 Å². The summed E-state index contributed by atoms with van der Waals surface area (Å²) in [5.74, 6) is -1.01. The maximum atomic E-state index is 12.3. The molecule has 0 saturated carbocycles. The molecule has 0 radical (unpaired) electrons. The molecule has 1 aliphatic heterocycles. The molecular weight excluding hydrogens is 375 g/mol. The van der Waals surface area contributed by atoms with Gasteiger partial charge in [-0.15, -0.1) is 0 Å². The van der Waals surface area contributed by atoms with Crippen LogP contribution in [0.3, 0.4) is 0 Å². The molecule has 0 bridgehead atoms. The Labute approximate surface area is 159 Å². The van der Waals surface area contributed by atoms with Crippen LogP contribution in [0.15, 0.2) is 30.3 Å². The normalized spacial score (nSPS) is 24.7. The molecule has 1 fully saturated rings. The molecule has 154 valence electrons. The average Bonchev–Trinajstić information content (AvgIpc) is 2.98. The van der Waals surface area contributed by atoms with Crippen LogP contribution in [0.1, 0.15) is 19.4 Å². The smallest absolute Gasteiger partial charge is 0.332 e. The summed E-state index contributed by atoms with van der Waals surface area (Å²) in [6, 6.07) is 9.56. The van der Waals surface area contributed by atoms with Crippen molar-refractivity contribution in [3.63, 3.8) is 0 Å². The zero-order valence-corrected chi connectivity index (χ0v) is 17.0. The molecular formula is C18H29O8P. The van der Waals surface area contributed by atoms with E-state index in [0.29, 0.717) is 6.61 Å². The molecule has 1 aromatic carbocycles. The molecule has 0 aliphatic carbocycles. The zero-order valence-electron chi connectivity index (χ0n) is 16.1. The molecule has 1 heterocycles. The van der Waals surface area contributed by atoms with E-state index in [0.717, 1.165) is 5.56 Å². The predicted molar refractivity (Wildman–Crippen MR) is 98.4 cm³/mol. The standard InChI is InChI=1S/C18H29O8P/c1-18(2)25-16(14(19)11-24-10-13-8-6-5-7-9-13)17(26-18)15(20)12-27(21,22-3)23-4/h5-9,14-17,19-20H,10-12H2,1-4H3/t14-,15+,16-,17+/m1/s1. The van der Waals surface area contributed by atoms with Gasteiger partial charge in [0, 0.05) is 14.2 Å². The van der Waals surface area contributed by atoms with Crippen LogP contribution in [0, 0.1) is 0 Å². The first kappa shape index (κ1) is 22.5. The summed E-state index contributed by atoms with van der Waals surface area (Å²) in [6.45, 7) is 3.69. The van der Waals surface area contributed by atoms with Gasteiger partial charge in [0.15, 0.2) is 5.79 Å². The van der Waals surface area contributed by atoms with Gasteiger partial charge in [-0.1, -0.05) is 30.3 Å². The number of aliphatic hydroxyl groups excluding tert-OH is 2. The number of aliphatic hydroxyl groups is 2. The average molecular weight is 404 g/mol. The van der Waals surface area contributed by atoms with Crippen molar-refractivity contribution in [3.05, 3.63) is 35.9 Å². The summed E-state index contributed by atoms with van der Waals surface area (Å²) < 4.78 is 39.1. The Bertz CT molecular complexity index is 615. The molecule has 27 heavy (non-hydrogen) atoms.